The van der Waals surface area contributed by atoms with Crippen LogP contribution < -0.4 is 11.1 Å². The van der Waals surface area contributed by atoms with Crippen molar-refractivity contribution in [1.29, 1.82) is 0 Å². The molecule has 1 amide bonds. The van der Waals surface area contributed by atoms with E-state index in [2.05, 4.69) is 5.32 Å². The van der Waals surface area contributed by atoms with Gasteiger partial charge in [-0.3, -0.25) is 4.79 Å². The van der Waals surface area contributed by atoms with Crippen LogP contribution in [0.4, 0.5) is 0 Å². The predicted molar refractivity (Wildman–Crippen MR) is 52.5 cm³/mol. The van der Waals surface area contributed by atoms with Gasteiger partial charge in [-0.1, -0.05) is 6.08 Å². The summed E-state index contributed by atoms with van der Waals surface area (Å²) in [6, 6.07) is 0.145. The molecule has 13 heavy (non-hydrogen) atoms. The Morgan fingerprint density at radius 1 is 1.62 bits per heavy atom. The van der Waals surface area contributed by atoms with Gasteiger partial charge in [0.05, 0.1) is 0 Å². The standard InChI is InChI=1S/C10H15N2O/c1-7(2)12-10(13)8-5-3-4-6-9(8)11/h4-7H,3,11H2,1-2H3,(H,12,13). The first kappa shape index (κ1) is 9.84. The van der Waals surface area contributed by atoms with Gasteiger partial charge in [0.15, 0.2) is 0 Å². The first-order valence-electron chi connectivity index (χ1n) is 4.41. The zero-order valence-corrected chi connectivity index (χ0v) is 8.00. The molecule has 1 aliphatic carbocycles. The maximum Gasteiger partial charge on any atom is 0.249 e. The summed E-state index contributed by atoms with van der Waals surface area (Å²) in [6.45, 7) is 3.85. The van der Waals surface area contributed by atoms with E-state index in [1.54, 1.807) is 6.08 Å². The van der Waals surface area contributed by atoms with Crippen LogP contribution in [-0.4, -0.2) is 11.9 Å². The van der Waals surface area contributed by atoms with Gasteiger partial charge in [0, 0.05) is 23.7 Å². The van der Waals surface area contributed by atoms with Crippen LogP contribution in [0, 0.1) is 6.42 Å². The van der Waals surface area contributed by atoms with Crippen molar-refractivity contribution in [1.82, 2.24) is 5.32 Å². The van der Waals surface area contributed by atoms with Gasteiger partial charge < -0.3 is 11.1 Å². The Hall–Kier alpha value is -1.25. The van der Waals surface area contributed by atoms with Gasteiger partial charge >= 0.3 is 0 Å². The number of hydrogen-bond donors (Lipinski definition) is 2. The second kappa shape index (κ2) is 4.12. The summed E-state index contributed by atoms with van der Waals surface area (Å²) in [5, 5.41) is 2.80. The lowest BCUT2D eigenvalue weighted by Crippen LogP contribution is -2.33. The van der Waals surface area contributed by atoms with Gasteiger partial charge in [-0.2, -0.15) is 0 Å². The number of amides is 1. The van der Waals surface area contributed by atoms with Gasteiger partial charge in [-0.25, -0.2) is 0 Å². The van der Waals surface area contributed by atoms with E-state index in [-0.39, 0.29) is 11.9 Å². The monoisotopic (exact) mass is 179 g/mol. The Kier molecular flexibility index (Phi) is 3.12. The van der Waals surface area contributed by atoms with Crippen molar-refractivity contribution in [3.05, 3.63) is 29.8 Å². The summed E-state index contributed by atoms with van der Waals surface area (Å²) in [5.41, 5.74) is 6.80. The zero-order valence-electron chi connectivity index (χ0n) is 8.00. The van der Waals surface area contributed by atoms with Gasteiger partial charge in [-0.05, 0) is 26.3 Å². The minimum Gasteiger partial charge on any atom is -0.398 e. The van der Waals surface area contributed by atoms with Crippen molar-refractivity contribution in [2.75, 3.05) is 0 Å². The third-order valence-electron chi connectivity index (χ3n) is 1.73. The lowest BCUT2D eigenvalue weighted by Gasteiger charge is -2.14. The van der Waals surface area contributed by atoms with Crippen molar-refractivity contribution < 1.29 is 4.79 Å². The second-order valence-corrected chi connectivity index (χ2v) is 3.34. The molecule has 3 nitrogen and oxygen atoms in total. The van der Waals surface area contributed by atoms with E-state index >= 15 is 0 Å². The molecule has 0 aliphatic heterocycles. The molecule has 0 spiro atoms. The highest BCUT2D eigenvalue weighted by Crippen LogP contribution is 2.14. The molecule has 0 fully saturated rings. The van der Waals surface area contributed by atoms with Gasteiger partial charge in [0.25, 0.3) is 0 Å². The third-order valence-corrected chi connectivity index (χ3v) is 1.73. The quantitative estimate of drug-likeness (QED) is 0.661. The van der Waals surface area contributed by atoms with Crippen molar-refractivity contribution in [2.24, 2.45) is 5.73 Å². The summed E-state index contributed by atoms with van der Waals surface area (Å²) < 4.78 is 0. The van der Waals surface area contributed by atoms with Crippen LogP contribution in [0.2, 0.25) is 0 Å². The summed E-state index contributed by atoms with van der Waals surface area (Å²) in [7, 11) is 0. The van der Waals surface area contributed by atoms with Gasteiger partial charge in [0.2, 0.25) is 5.91 Å². The Balaban J connectivity index is 2.70. The highest BCUT2D eigenvalue weighted by atomic mass is 16.1. The molecule has 0 saturated heterocycles. The minimum absolute atomic E-state index is 0.0862. The fourth-order valence-electron chi connectivity index (χ4n) is 1.15. The molecule has 71 valence electrons. The summed E-state index contributed by atoms with van der Waals surface area (Å²) in [5.74, 6) is -0.0862. The largest absolute Gasteiger partial charge is 0.398 e. The molecule has 1 aliphatic rings. The second-order valence-electron chi connectivity index (χ2n) is 3.34. The molecule has 0 unspecified atom stereocenters. The molecule has 1 rings (SSSR count). The fourth-order valence-corrected chi connectivity index (χ4v) is 1.15. The molecule has 1 radical (unpaired) electrons. The summed E-state index contributed by atoms with van der Waals surface area (Å²) in [6.07, 6.45) is 6.32. The molecule has 0 saturated carbocycles. The van der Waals surface area contributed by atoms with E-state index in [0.29, 0.717) is 11.3 Å². The molecule has 3 heteroatoms. The van der Waals surface area contributed by atoms with Crippen LogP contribution in [0.25, 0.3) is 0 Å². The molecule has 0 atom stereocenters. The van der Waals surface area contributed by atoms with Gasteiger partial charge in [0.1, 0.15) is 0 Å². The van der Waals surface area contributed by atoms with Gasteiger partial charge in [-0.15, -0.1) is 0 Å². The average Bonchev–Trinajstić information content (AvgIpc) is 2.03. The average molecular weight is 179 g/mol. The van der Waals surface area contributed by atoms with Crippen LogP contribution in [0.3, 0.4) is 0 Å². The summed E-state index contributed by atoms with van der Waals surface area (Å²) >= 11 is 0. The lowest BCUT2D eigenvalue weighted by molar-refractivity contribution is -0.117. The molecule has 0 aromatic rings. The fraction of sp³-hybridized carbons (Fsp3) is 0.400. The Morgan fingerprint density at radius 2 is 2.31 bits per heavy atom. The van der Waals surface area contributed by atoms with E-state index in [1.165, 1.54) is 0 Å². The number of carbonyl (C=O) groups is 1. The Labute approximate surface area is 78.7 Å². The van der Waals surface area contributed by atoms with E-state index in [4.69, 9.17) is 5.73 Å². The van der Waals surface area contributed by atoms with E-state index in [1.807, 2.05) is 26.3 Å². The molecule has 0 heterocycles. The maximum absolute atomic E-state index is 11.5. The number of nitrogens with two attached hydrogens (primary N) is 1. The number of rotatable bonds is 2. The Bertz CT molecular complexity index is 264. The van der Waals surface area contributed by atoms with Crippen LogP contribution >= 0.6 is 0 Å². The molecular weight excluding hydrogens is 164 g/mol. The van der Waals surface area contributed by atoms with E-state index in [0.717, 1.165) is 6.42 Å². The number of allylic oxidation sites excluding steroid dienone is 2. The zero-order chi connectivity index (χ0) is 9.84. The number of carbonyl (C=O) groups excluding carboxylic acids is 1. The normalized spacial score (nSPS) is 16.5. The first-order valence-corrected chi connectivity index (χ1v) is 4.41. The van der Waals surface area contributed by atoms with E-state index in [9.17, 15) is 4.79 Å². The van der Waals surface area contributed by atoms with Crippen molar-refractivity contribution in [2.45, 2.75) is 26.3 Å². The SMILES string of the molecule is CC(C)NC(=O)C1=C(N)C=CC[CH]1. The lowest BCUT2D eigenvalue weighted by atomic mass is 10.0. The first-order chi connectivity index (χ1) is 6.11. The Morgan fingerprint density at radius 3 is 2.85 bits per heavy atom. The topological polar surface area (TPSA) is 55.1 Å². The predicted octanol–water partition coefficient (Wildman–Crippen LogP) is 0.888. The van der Waals surface area contributed by atoms with E-state index < -0.39 is 0 Å². The van der Waals surface area contributed by atoms with Crippen molar-refractivity contribution in [3.8, 4) is 0 Å². The number of hydrogen-bond acceptors (Lipinski definition) is 2. The van der Waals surface area contributed by atoms with Crippen LogP contribution in [0.1, 0.15) is 20.3 Å². The molecule has 3 N–H and O–H groups in total. The third kappa shape index (κ3) is 2.61. The highest BCUT2D eigenvalue weighted by molar-refractivity contribution is 5.97. The molecule has 0 aromatic heterocycles. The van der Waals surface area contributed by atoms with Crippen molar-refractivity contribution >= 4 is 5.91 Å². The smallest absolute Gasteiger partial charge is 0.249 e. The van der Waals surface area contributed by atoms with Crippen LogP contribution in [0.15, 0.2) is 23.4 Å². The molecule has 0 aromatic carbocycles. The van der Waals surface area contributed by atoms with Crippen molar-refractivity contribution in [3.63, 3.8) is 0 Å². The highest BCUT2D eigenvalue weighted by Gasteiger charge is 2.14. The number of nitrogens with one attached hydrogen (secondary N) is 1. The molecule has 0 bridgehead atoms. The van der Waals surface area contributed by atoms with Crippen LogP contribution in [0.5, 0.6) is 0 Å². The van der Waals surface area contributed by atoms with Crippen LogP contribution in [-0.2, 0) is 4.79 Å². The summed E-state index contributed by atoms with van der Waals surface area (Å²) in [4.78, 5) is 11.5. The maximum atomic E-state index is 11.5. The minimum atomic E-state index is -0.0862. The molecular formula is C10H15N2O.